The molecule has 0 fully saturated rings. The molecule has 3 aromatic carbocycles. The molecule has 5 heteroatoms. The van der Waals surface area contributed by atoms with Crippen molar-refractivity contribution in [2.75, 3.05) is 26.2 Å². The minimum absolute atomic E-state index is 0.283. The van der Waals surface area contributed by atoms with Gasteiger partial charge in [0.25, 0.3) is 0 Å². The van der Waals surface area contributed by atoms with E-state index in [1.54, 1.807) is 6.07 Å². The summed E-state index contributed by atoms with van der Waals surface area (Å²) in [7, 11) is 0. The van der Waals surface area contributed by atoms with E-state index in [4.69, 9.17) is 9.72 Å². The van der Waals surface area contributed by atoms with Gasteiger partial charge in [-0.2, -0.15) is 0 Å². The summed E-state index contributed by atoms with van der Waals surface area (Å²) in [6, 6.07) is 17.2. The molecule has 1 heterocycles. The molecule has 0 aliphatic heterocycles. The van der Waals surface area contributed by atoms with Gasteiger partial charge in [-0.25, -0.2) is 9.78 Å². The molecule has 0 aliphatic rings. The molecule has 0 amide bonds. The highest BCUT2D eigenvalue weighted by molar-refractivity contribution is 6.16. The molecule has 0 bridgehead atoms. The lowest BCUT2D eigenvalue weighted by Crippen LogP contribution is -2.27. The molecule has 4 aromatic rings. The Morgan fingerprint density at radius 1 is 0.966 bits per heavy atom. The second kappa shape index (κ2) is 8.05. The average Bonchev–Trinajstić information content (AvgIpc) is 2.73. The fraction of sp³-hybridized carbons (Fsp3) is 0.250. The van der Waals surface area contributed by atoms with Gasteiger partial charge in [-0.15, -0.1) is 0 Å². The van der Waals surface area contributed by atoms with Gasteiger partial charge >= 0.3 is 5.97 Å². The summed E-state index contributed by atoms with van der Waals surface area (Å²) >= 11 is 0. The third-order valence-electron chi connectivity index (χ3n) is 5.40. The van der Waals surface area contributed by atoms with Gasteiger partial charge in [-0.3, -0.25) is 0 Å². The van der Waals surface area contributed by atoms with Gasteiger partial charge in [0.2, 0.25) is 0 Å². The maximum atomic E-state index is 12.1. The van der Waals surface area contributed by atoms with E-state index >= 15 is 0 Å². The van der Waals surface area contributed by atoms with Crippen LogP contribution in [0.4, 0.5) is 0 Å². The van der Waals surface area contributed by atoms with Gasteiger partial charge in [0.05, 0.1) is 16.6 Å². The smallest absolute Gasteiger partial charge is 0.337 e. The van der Waals surface area contributed by atoms with Gasteiger partial charge in [0.1, 0.15) is 12.4 Å². The Kier molecular flexibility index (Phi) is 5.32. The first-order chi connectivity index (χ1) is 14.1. The number of rotatable bonds is 7. The van der Waals surface area contributed by atoms with Crippen LogP contribution in [0.2, 0.25) is 0 Å². The molecule has 0 unspecified atom stereocenters. The van der Waals surface area contributed by atoms with E-state index in [-0.39, 0.29) is 5.56 Å². The van der Waals surface area contributed by atoms with Crippen molar-refractivity contribution in [2.45, 2.75) is 13.8 Å². The van der Waals surface area contributed by atoms with Crippen LogP contribution in [-0.2, 0) is 0 Å². The van der Waals surface area contributed by atoms with Crippen molar-refractivity contribution in [3.63, 3.8) is 0 Å². The van der Waals surface area contributed by atoms with Crippen LogP contribution < -0.4 is 4.74 Å². The summed E-state index contributed by atoms with van der Waals surface area (Å²) < 4.78 is 5.90. The Hall–Kier alpha value is -3.18. The molecule has 29 heavy (non-hydrogen) atoms. The van der Waals surface area contributed by atoms with Crippen molar-refractivity contribution in [1.29, 1.82) is 0 Å². The van der Waals surface area contributed by atoms with Crippen LogP contribution in [0.1, 0.15) is 24.2 Å². The van der Waals surface area contributed by atoms with E-state index in [1.807, 2.05) is 48.5 Å². The van der Waals surface area contributed by atoms with Crippen molar-refractivity contribution in [2.24, 2.45) is 0 Å². The maximum Gasteiger partial charge on any atom is 0.337 e. The number of hydrogen-bond donors (Lipinski definition) is 1. The van der Waals surface area contributed by atoms with Gasteiger partial charge in [0, 0.05) is 23.4 Å². The Bertz CT molecular complexity index is 1200. The molecule has 0 saturated carbocycles. The molecule has 0 aliphatic carbocycles. The SMILES string of the molecule is CCN(CC)CCOc1ccc2c(C(=O)O)c3cc4ccccc4cc3nc2c1. The summed E-state index contributed by atoms with van der Waals surface area (Å²) in [5.41, 5.74) is 1.59. The Morgan fingerprint density at radius 3 is 2.34 bits per heavy atom. The predicted octanol–water partition coefficient (Wildman–Crippen LogP) is 4.96. The van der Waals surface area contributed by atoms with Gasteiger partial charge in [-0.1, -0.05) is 38.1 Å². The van der Waals surface area contributed by atoms with Crippen LogP contribution in [-0.4, -0.2) is 47.2 Å². The van der Waals surface area contributed by atoms with Gasteiger partial charge in [0.15, 0.2) is 0 Å². The Labute approximate surface area is 169 Å². The first-order valence-corrected chi connectivity index (χ1v) is 9.95. The molecule has 5 nitrogen and oxygen atoms in total. The van der Waals surface area contributed by atoms with Crippen molar-refractivity contribution in [1.82, 2.24) is 9.88 Å². The number of carbonyl (C=O) groups is 1. The summed E-state index contributed by atoms with van der Waals surface area (Å²) in [4.78, 5) is 19.1. The minimum atomic E-state index is -0.951. The predicted molar refractivity (Wildman–Crippen MR) is 117 cm³/mol. The highest BCUT2D eigenvalue weighted by Gasteiger charge is 2.16. The van der Waals surface area contributed by atoms with Crippen LogP contribution in [0, 0.1) is 0 Å². The lowest BCUT2D eigenvalue weighted by atomic mass is 9.99. The molecule has 148 valence electrons. The number of nitrogens with zero attached hydrogens (tertiary/aromatic N) is 2. The number of carboxylic acids is 1. The molecule has 1 aromatic heterocycles. The van der Waals surface area contributed by atoms with E-state index in [0.717, 1.165) is 30.4 Å². The van der Waals surface area contributed by atoms with E-state index in [0.29, 0.717) is 34.2 Å². The molecule has 1 N–H and O–H groups in total. The highest BCUT2D eigenvalue weighted by Crippen LogP contribution is 2.31. The number of pyridine rings is 1. The number of ether oxygens (including phenoxy) is 1. The lowest BCUT2D eigenvalue weighted by molar-refractivity contribution is 0.0701. The number of aromatic nitrogens is 1. The molecule has 0 spiro atoms. The standard InChI is InChI=1S/C24H24N2O3/c1-3-26(4-2)11-12-29-18-9-10-19-22(15-18)25-21-14-17-8-6-5-7-16(17)13-20(21)23(19)24(27)28/h5-10,13-15H,3-4,11-12H2,1-2H3,(H,27,28). The number of benzene rings is 3. The van der Waals surface area contributed by atoms with Crippen LogP contribution in [0.3, 0.4) is 0 Å². The van der Waals surface area contributed by atoms with E-state index in [1.165, 1.54) is 0 Å². The van der Waals surface area contributed by atoms with Gasteiger partial charge in [-0.05, 0) is 48.1 Å². The van der Waals surface area contributed by atoms with Crippen molar-refractivity contribution < 1.29 is 14.6 Å². The summed E-state index contributed by atoms with van der Waals surface area (Å²) in [6.45, 7) is 7.67. The van der Waals surface area contributed by atoms with E-state index < -0.39 is 5.97 Å². The van der Waals surface area contributed by atoms with Crippen molar-refractivity contribution in [3.8, 4) is 5.75 Å². The number of aromatic carboxylic acids is 1. The number of carboxylic acid groups (broad SMARTS) is 1. The molecule has 0 atom stereocenters. The summed E-state index contributed by atoms with van der Waals surface area (Å²) in [5.74, 6) is -0.249. The zero-order valence-corrected chi connectivity index (χ0v) is 16.7. The van der Waals surface area contributed by atoms with Crippen LogP contribution in [0.15, 0.2) is 54.6 Å². The lowest BCUT2D eigenvalue weighted by Gasteiger charge is -2.18. The second-order valence-corrected chi connectivity index (χ2v) is 7.06. The fourth-order valence-corrected chi connectivity index (χ4v) is 3.76. The largest absolute Gasteiger partial charge is 0.492 e. The van der Waals surface area contributed by atoms with Crippen LogP contribution in [0.25, 0.3) is 32.6 Å². The summed E-state index contributed by atoms with van der Waals surface area (Å²) in [6.07, 6.45) is 0. The topological polar surface area (TPSA) is 62.7 Å². The first-order valence-electron chi connectivity index (χ1n) is 9.95. The Balaban J connectivity index is 1.78. The molecular weight excluding hydrogens is 364 g/mol. The summed E-state index contributed by atoms with van der Waals surface area (Å²) in [5, 5.41) is 13.2. The zero-order valence-electron chi connectivity index (χ0n) is 16.7. The van der Waals surface area contributed by atoms with Crippen molar-refractivity contribution >= 4 is 38.5 Å². The first kappa shape index (κ1) is 19.2. The van der Waals surface area contributed by atoms with E-state index in [2.05, 4.69) is 18.7 Å². The molecule has 4 rings (SSSR count). The van der Waals surface area contributed by atoms with Crippen molar-refractivity contribution in [3.05, 3.63) is 60.2 Å². The monoisotopic (exact) mass is 388 g/mol. The van der Waals surface area contributed by atoms with E-state index in [9.17, 15) is 9.90 Å². The quantitative estimate of drug-likeness (QED) is 0.453. The zero-order chi connectivity index (χ0) is 20.4. The van der Waals surface area contributed by atoms with Crippen LogP contribution >= 0.6 is 0 Å². The Morgan fingerprint density at radius 2 is 1.66 bits per heavy atom. The molecular formula is C24H24N2O3. The van der Waals surface area contributed by atoms with Crippen LogP contribution in [0.5, 0.6) is 5.75 Å². The normalized spacial score (nSPS) is 11.6. The minimum Gasteiger partial charge on any atom is -0.492 e. The fourth-order valence-electron chi connectivity index (χ4n) is 3.76. The highest BCUT2D eigenvalue weighted by atomic mass is 16.5. The van der Waals surface area contributed by atoms with Gasteiger partial charge < -0.3 is 14.7 Å². The third-order valence-corrected chi connectivity index (χ3v) is 5.40. The molecule has 0 saturated heterocycles. The number of likely N-dealkylation sites (N-methyl/N-ethyl adjacent to an activating group) is 1. The number of fused-ring (bicyclic) bond motifs is 3. The second-order valence-electron chi connectivity index (χ2n) is 7.06. The molecule has 0 radical (unpaired) electrons. The third kappa shape index (κ3) is 3.74. The number of hydrogen-bond acceptors (Lipinski definition) is 4. The maximum absolute atomic E-state index is 12.1. The average molecular weight is 388 g/mol.